The molecule has 0 aromatic carbocycles. The Morgan fingerprint density at radius 3 is 2.20 bits per heavy atom. The van der Waals surface area contributed by atoms with Gasteiger partial charge in [-0.15, -0.1) is 0 Å². The summed E-state index contributed by atoms with van der Waals surface area (Å²) in [5.74, 6) is 0.0588. The molecule has 12 heteroatoms. The Balaban J connectivity index is 1.35. The third kappa shape index (κ3) is 5.30. The molecule has 12 nitrogen and oxygen atoms in total. The lowest BCUT2D eigenvalue weighted by Crippen LogP contribution is -2.51. The normalized spacial score (nSPS) is 28.4. The van der Waals surface area contributed by atoms with Gasteiger partial charge in [0.2, 0.25) is 5.88 Å². The molecule has 1 aromatic heterocycles. The Morgan fingerprint density at radius 2 is 1.61 bits per heavy atom. The zero-order chi connectivity index (χ0) is 29.5. The number of carbonyl (C=O) groups excluding carboxylic acids is 2. The van der Waals surface area contributed by atoms with Gasteiger partial charge in [-0.2, -0.15) is 0 Å². The van der Waals surface area contributed by atoms with Gasteiger partial charge in [-0.3, -0.25) is 28.6 Å². The predicted octanol–water partition coefficient (Wildman–Crippen LogP) is 2.05. The summed E-state index contributed by atoms with van der Waals surface area (Å²) < 4.78 is 8.04. The average molecular weight is 573 g/mol. The first-order chi connectivity index (χ1) is 19.6. The van der Waals surface area contributed by atoms with Crippen molar-refractivity contribution in [3.8, 4) is 5.88 Å². The number of imide groups is 1. The van der Waals surface area contributed by atoms with Crippen molar-refractivity contribution in [2.24, 2.45) is 28.5 Å². The minimum atomic E-state index is -0.925. The van der Waals surface area contributed by atoms with Crippen molar-refractivity contribution in [3.63, 3.8) is 0 Å². The van der Waals surface area contributed by atoms with E-state index in [9.17, 15) is 24.3 Å². The lowest BCUT2D eigenvalue weighted by atomic mass is 9.77. The molecule has 4 aliphatic rings. The van der Waals surface area contributed by atoms with Gasteiger partial charge in [-0.1, -0.05) is 6.42 Å². The second-order valence-electron chi connectivity index (χ2n) is 12.6. The number of aromatic hydroxyl groups is 1. The maximum atomic E-state index is 13.6. The third-order valence-corrected chi connectivity index (χ3v) is 10.0. The number of aromatic nitrogens is 2. The molecule has 3 N–H and O–H groups in total. The van der Waals surface area contributed by atoms with Crippen LogP contribution < -0.4 is 17.0 Å². The van der Waals surface area contributed by atoms with Crippen molar-refractivity contribution in [3.05, 3.63) is 26.4 Å². The number of hydrogen-bond acceptors (Lipinski definition) is 7. The number of carbonyl (C=O) groups is 2. The zero-order valence-corrected chi connectivity index (χ0v) is 24.5. The van der Waals surface area contributed by atoms with Crippen molar-refractivity contribution in [2.45, 2.75) is 89.3 Å². The number of nitrogens with zero attached hydrogens (tertiary/aromatic N) is 5. The molecule has 4 fully saturated rings. The maximum Gasteiger partial charge on any atom is 0.334 e. The lowest BCUT2D eigenvalue weighted by molar-refractivity contribution is -0.133. The number of rotatable bonds is 8. The van der Waals surface area contributed by atoms with E-state index in [-0.39, 0.29) is 41.2 Å². The molecular weight excluding hydrogens is 528 g/mol. The van der Waals surface area contributed by atoms with Gasteiger partial charge >= 0.3 is 11.7 Å². The number of hydrogen-bond donors (Lipinski definition) is 2. The van der Waals surface area contributed by atoms with Gasteiger partial charge < -0.3 is 20.5 Å². The van der Waals surface area contributed by atoms with Crippen LogP contribution in [0.2, 0.25) is 0 Å². The number of likely N-dealkylation sites (N-methyl/N-ethyl adjacent to an activating group) is 1. The molecule has 3 heterocycles. The smallest absolute Gasteiger partial charge is 0.334 e. The van der Waals surface area contributed by atoms with Crippen molar-refractivity contribution in [1.82, 2.24) is 18.9 Å². The monoisotopic (exact) mass is 572 g/mol. The van der Waals surface area contributed by atoms with Crippen LogP contribution in [0.1, 0.15) is 82.7 Å². The van der Waals surface area contributed by atoms with E-state index in [0.717, 1.165) is 32.1 Å². The predicted molar refractivity (Wildman–Crippen MR) is 153 cm³/mol. The van der Waals surface area contributed by atoms with E-state index in [2.05, 4.69) is 4.99 Å². The van der Waals surface area contributed by atoms with Gasteiger partial charge in [-0.05, 0) is 82.5 Å². The third-order valence-electron chi connectivity index (χ3n) is 10.0. The quantitative estimate of drug-likeness (QED) is 0.275. The van der Waals surface area contributed by atoms with Gasteiger partial charge in [-0.25, -0.2) is 9.59 Å². The fourth-order valence-corrected chi connectivity index (χ4v) is 7.20. The first kappa shape index (κ1) is 29.3. The minimum absolute atomic E-state index is 0.0941. The Bertz CT molecular complexity index is 1320. The molecule has 1 atom stereocenters. The highest BCUT2D eigenvalue weighted by atomic mass is 16.5. The number of amides is 3. The Labute approximate surface area is 240 Å². The summed E-state index contributed by atoms with van der Waals surface area (Å²) in [6, 6.07) is -0.597. The van der Waals surface area contributed by atoms with E-state index in [4.69, 9.17) is 10.5 Å². The van der Waals surface area contributed by atoms with Gasteiger partial charge in [0.15, 0.2) is 0 Å². The molecule has 0 radical (unpaired) electrons. The van der Waals surface area contributed by atoms with Crippen LogP contribution in [0.25, 0.3) is 0 Å². The summed E-state index contributed by atoms with van der Waals surface area (Å²) in [7, 11) is 3.00. The molecule has 2 aliphatic heterocycles. The molecule has 3 amide bonds. The second-order valence-corrected chi connectivity index (χ2v) is 12.6. The molecule has 226 valence electrons. The fourth-order valence-electron chi connectivity index (χ4n) is 7.20. The fraction of sp³-hybridized carbons (Fsp3) is 0.759. The van der Waals surface area contributed by atoms with Gasteiger partial charge in [0.1, 0.15) is 16.9 Å². The standard InChI is InChI=1S/C29H44N6O6/c1-29(26(38)32(3)27(39)34(29)17-20-11-13-41-14-12-20)15-18-7-9-21(10-8-18)35-25(37)22(23(30)31-2)24(36)33(28(35)40)16-19-5-4-6-19/h18-21,36H,4-17H2,1-3H3,(H2,30,31)/t18?,21?,29-/m0/s1. The van der Waals surface area contributed by atoms with Crippen LogP contribution >= 0.6 is 0 Å². The van der Waals surface area contributed by atoms with E-state index in [1.54, 1.807) is 11.9 Å². The van der Waals surface area contributed by atoms with Gasteiger partial charge in [0, 0.05) is 46.4 Å². The zero-order valence-electron chi connectivity index (χ0n) is 24.5. The summed E-state index contributed by atoms with van der Waals surface area (Å²) in [5.41, 5.74) is 3.85. The lowest BCUT2D eigenvalue weighted by Gasteiger charge is -2.39. The van der Waals surface area contributed by atoms with Crippen molar-refractivity contribution in [1.29, 1.82) is 0 Å². The number of aliphatic imine (C=N–C) groups is 1. The number of amidine groups is 1. The summed E-state index contributed by atoms with van der Waals surface area (Å²) >= 11 is 0. The van der Waals surface area contributed by atoms with E-state index in [1.807, 2.05) is 6.92 Å². The van der Waals surface area contributed by atoms with Crippen molar-refractivity contribution >= 4 is 17.8 Å². The first-order valence-corrected chi connectivity index (χ1v) is 15.0. The summed E-state index contributed by atoms with van der Waals surface area (Å²) in [6.07, 6.45) is 7.88. The molecule has 2 saturated carbocycles. The van der Waals surface area contributed by atoms with E-state index < -0.39 is 22.7 Å². The SMILES string of the molecule is CN=C(N)c1c(O)n(CC2CCC2)c(=O)n(C2CCC(C[C@@]3(C)C(=O)N(C)C(=O)N3CC3CCOCC3)CC2)c1=O. The highest BCUT2D eigenvalue weighted by Gasteiger charge is 2.54. The van der Waals surface area contributed by atoms with Crippen LogP contribution in [-0.4, -0.2) is 81.2 Å². The summed E-state index contributed by atoms with van der Waals surface area (Å²) in [6.45, 7) is 4.11. The molecule has 0 unspecified atom stereocenters. The van der Waals surface area contributed by atoms with Crippen molar-refractivity contribution in [2.75, 3.05) is 33.9 Å². The minimum Gasteiger partial charge on any atom is -0.494 e. The molecule has 41 heavy (non-hydrogen) atoms. The summed E-state index contributed by atoms with van der Waals surface area (Å²) in [5, 5.41) is 10.9. The molecule has 2 saturated heterocycles. The van der Waals surface area contributed by atoms with Gasteiger partial charge in [0.05, 0.1) is 0 Å². The Kier molecular flexibility index (Phi) is 8.31. The molecule has 0 spiro atoms. The van der Waals surface area contributed by atoms with E-state index in [1.165, 1.54) is 21.1 Å². The van der Waals surface area contributed by atoms with Gasteiger partial charge in [0.25, 0.3) is 11.5 Å². The van der Waals surface area contributed by atoms with Crippen LogP contribution in [0.4, 0.5) is 4.79 Å². The van der Waals surface area contributed by atoms with E-state index in [0.29, 0.717) is 64.3 Å². The van der Waals surface area contributed by atoms with Crippen LogP contribution in [0.15, 0.2) is 14.6 Å². The highest BCUT2D eigenvalue weighted by molar-refractivity contribution is 6.06. The number of urea groups is 1. The van der Waals surface area contributed by atoms with Crippen LogP contribution in [0, 0.1) is 17.8 Å². The highest BCUT2D eigenvalue weighted by Crippen LogP contribution is 2.41. The van der Waals surface area contributed by atoms with Crippen LogP contribution in [0.5, 0.6) is 5.88 Å². The number of nitrogens with two attached hydrogens (primary N) is 1. The Hall–Kier alpha value is -3.15. The maximum absolute atomic E-state index is 13.6. The second kappa shape index (κ2) is 11.6. The van der Waals surface area contributed by atoms with E-state index >= 15 is 0 Å². The largest absolute Gasteiger partial charge is 0.494 e. The van der Waals surface area contributed by atoms with Crippen molar-refractivity contribution < 1.29 is 19.4 Å². The first-order valence-electron chi connectivity index (χ1n) is 15.0. The molecule has 2 aliphatic carbocycles. The van der Waals surface area contributed by atoms with Crippen LogP contribution in [0.3, 0.4) is 0 Å². The summed E-state index contributed by atoms with van der Waals surface area (Å²) in [4.78, 5) is 60.5. The molecule has 0 bridgehead atoms. The molecule has 5 rings (SSSR count). The molecular formula is C29H44N6O6. The average Bonchev–Trinajstić information content (AvgIpc) is 3.09. The molecule has 1 aromatic rings. The number of ether oxygens (including phenoxy) is 1. The van der Waals surface area contributed by atoms with Crippen LogP contribution in [-0.2, 0) is 16.1 Å². The topological polar surface area (TPSA) is 152 Å². The Morgan fingerprint density at radius 1 is 0.976 bits per heavy atom.